The van der Waals surface area contributed by atoms with Crippen LogP contribution in [0, 0.1) is 10.1 Å². The summed E-state index contributed by atoms with van der Waals surface area (Å²) < 4.78 is 22.4. The maximum Gasteiger partial charge on any atom is 0.293 e. The van der Waals surface area contributed by atoms with Crippen molar-refractivity contribution in [3.8, 4) is 0 Å². The van der Waals surface area contributed by atoms with Gasteiger partial charge in [0, 0.05) is 26.2 Å². The van der Waals surface area contributed by atoms with Gasteiger partial charge in [-0.1, -0.05) is 0 Å². The number of primary sulfonamides is 1. The van der Waals surface area contributed by atoms with Crippen molar-refractivity contribution < 1.29 is 13.3 Å². The molecule has 0 saturated carbocycles. The van der Waals surface area contributed by atoms with Crippen molar-refractivity contribution in [2.24, 2.45) is 5.14 Å². The van der Waals surface area contributed by atoms with Crippen molar-refractivity contribution in [1.82, 2.24) is 5.32 Å². The third kappa shape index (κ3) is 2.67. The van der Waals surface area contributed by atoms with Gasteiger partial charge in [0.05, 0.1) is 15.9 Å². The summed E-state index contributed by atoms with van der Waals surface area (Å²) in [4.78, 5) is 12.0. The number of hydrogen-bond acceptors (Lipinski definition) is 6. The highest BCUT2D eigenvalue weighted by atomic mass is 32.2. The number of rotatable bonds is 4. The van der Waals surface area contributed by atoms with E-state index in [1.54, 1.807) is 11.9 Å². The van der Waals surface area contributed by atoms with Crippen molar-refractivity contribution in [3.63, 3.8) is 0 Å². The Morgan fingerprint density at radius 2 is 2.11 bits per heavy atom. The van der Waals surface area contributed by atoms with E-state index in [0.29, 0.717) is 5.69 Å². The maximum absolute atomic E-state index is 11.2. The van der Waals surface area contributed by atoms with Gasteiger partial charge in [-0.15, -0.1) is 0 Å². The van der Waals surface area contributed by atoms with Crippen LogP contribution in [0.1, 0.15) is 0 Å². The zero-order chi connectivity index (χ0) is 14.2. The van der Waals surface area contributed by atoms with E-state index >= 15 is 0 Å². The summed E-state index contributed by atoms with van der Waals surface area (Å²) in [6.45, 7) is 1.48. The lowest BCUT2D eigenvalue weighted by Crippen LogP contribution is -2.56. The normalized spacial score (nSPS) is 15.9. The van der Waals surface area contributed by atoms with E-state index in [9.17, 15) is 18.5 Å². The third-order valence-corrected chi connectivity index (χ3v) is 4.07. The Bertz CT molecular complexity index is 612. The first-order valence-electron chi connectivity index (χ1n) is 5.55. The summed E-state index contributed by atoms with van der Waals surface area (Å²) in [6.07, 6.45) is 0. The molecule has 1 aliphatic rings. The average molecular weight is 286 g/mol. The quantitative estimate of drug-likeness (QED) is 0.577. The summed E-state index contributed by atoms with van der Waals surface area (Å²) in [5.41, 5.74) is 0.116. The Balaban J connectivity index is 2.46. The van der Waals surface area contributed by atoms with E-state index in [1.807, 2.05) is 0 Å². The predicted molar refractivity (Wildman–Crippen MR) is 69.5 cm³/mol. The van der Waals surface area contributed by atoms with Crippen LogP contribution < -0.4 is 15.4 Å². The van der Waals surface area contributed by atoms with Gasteiger partial charge in [0.25, 0.3) is 5.69 Å². The molecule has 0 aliphatic carbocycles. The summed E-state index contributed by atoms with van der Waals surface area (Å²) >= 11 is 0. The summed E-state index contributed by atoms with van der Waals surface area (Å²) in [5.74, 6) is 0. The molecule has 0 unspecified atom stereocenters. The number of nitrogens with two attached hydrogens (primary N) is 1. The van der Waals surface area contributed by atoms with Crippen molar-refractivity contribution >= 4 is 21.4 Å². The van der Waals surface area contributed by atoms with Crippen LogP contribution in [-0.2, 0) is 10.0 Å². The lowest BCUT2D eigenvalue weighted by atomic mass is 10.1. The summed E-state index contributed by atoms with van der Waals surface area (Å²) in [6, 6.07) is 3.85. The zero-order valence-electron chi connectivity index (χ0n) is 10.2. The Hall–Kier alpha value is -1.71. The van der Waals surface area contributed by atoms with Gasteiger partial charge in [0.2, 0.25) is 10.0 Å². The van der Waals surface area contributed by atoms with Crippen LogP contribution in [0.3, 0.4) is 0 Å². The zero-order valence-corrected chi connectivity index (χ0v) is 11.1. The largest absolute Gasteiger partial charge is 0.364 e. The molecule has 8 nitrogen and oxygen atoms in total. The molecule has 0 radical (unpaired) electrons. The first kappa shape index (κ1) is 13.7. The number of benzene rings is 1. The molecule has 1 aromatic carbocycles. The first-order chi connectivity index (χ1) is 8.80. The van der Waals surface area contributed by atoms with Crippen molar-refractivity contribution in [2.75, 3.05) is 25.0 Å². The number of nitro groups is 1. The van der Waals surface area contributed by atoms with Gasteiger partial charge in [0.15, 0.2) is 0 Å². The minimum Gasteiger partial charge on any atom is -0.364 e. The molecule has 1 fully saturated rings. The van der Waals surface area contributed by atoms with Crippen molar-refractivity contribution in [1.29, 1.82) is 0 Å². The number of sulfonamides is 1. The molecule has 104 valence electrons. The molecular formula is C10H14N4O4S. The van der Waals surface area contributed by atoms with E-state index in [0.717, 1.165) is 19.2 Å². The van der Waals surface area contributed by atoms with Crippen LogP contribution in [0.15, 0.2) is 23.1 Å². The van der Waals surface area contributed by atoms with E-state index in [-0.39, 0.29) is 16.6 Å². The van der Waals surface area contributed by atoms with Crippen molar-refractivity contribution in [3.05, 3.63) is 28.3 Å². The molecule has 3 N–H and O–H groups in total. The Morgan fingerprint density at radius 1 is 1.47 bits per heavy atom. The van der Waals surface area contributed by atoms with Gasteiger partial charge in [-0.05, 0) is 12.1 Å². The lowest BCUT2D eigenvalue weighted by molar-refractivity contribution is -0.384. The second kappa shape index (κ2) is 4.76. The maximum atomic E-state index is 11.2. The second-order valence-corrected chi connectivity index (χ2v) is 5.94. The van der Waals surface area contributed by atoms with E-state index in [2.05, 4.69) is 5.32 Å². The van der Waals surface area contributed by atoms with Gasteiger partial charge < -0.3 is 10.2 Å². The molecule has 1 aliphatic heterocycles. The molecule has 0 aromatic heterocycles. The number of hydrogen-bond donors (Lipinski definition) is 2. The molecule has 0 atom stereocenters. The van der Waals surface area contributed by atoms with Gasteiger partial charge in [-0.2, -0.15) is 0 Å². The molecule has 9 heteroatoms. The third-order valence-electron chi connectivity index (χ3n) is 3.16. The van der Waals surface area contributed by atoms with Crippen LogP contribution in [0.2, 0.25) is 0 Å². The fraction of sp³-hybridized carbons (Fsp3) is 0.400. The molecule has 1 aromatic rings. The highest BCUT2D eigenvalue weighted by Crippen LogP contribution is 2.31. The molecule has 19 heavy (non-hydrogen) atoms. The number of nitrogens with one attached hydrogen (secondary N) is 1. The Morgan fingerprint density at radius 3 is 2.53 bits per heavy atom. The van der Waals surface area contributed by atoms with Crippen LogP contribution >= 0.6 is 0 Å². The molecular weight excluding hydrogens is 272 g/mol. The molecule has 0 bridgehead atoms. The van der Waals surface area contributed by atoms with Crippen LogP contribution in [-0.4, -0.2) is 39.5 Å². The summed E-state index contributed by atoms with van der Waals surface area (Å²) in [5, 5.41) is 19.1. The molecule has 0 amide bonds. The highest BCUT2D eigenvalue weighted by Gasteiger charge is 2.28. The van der Waals surface area contributed by atoms with Crippen LogP contribution in [0.25, 0.3) is 0 Å². The number of likely N-dealkylation sites (N-methyl/N-ethyl adjacent to an activating group) is 1. The SMILES string of the molecule is CN(c1ccc(S(N)(=O)=O)cc1[N+](=O)[O-])C1CNC1. The first-order valence-corrected chi connectivity index (χ1v) is 7.10. The fourth-order valence-corrected chi connectivity index (χ4v) is 2.40. The molecule has 1 heterocycles. The second-order valence-electron chi connectivity index (χ2n) is 4.38. The topological polar surface area (TPSA) is 119 Å². The van der Waals surface area contributed by atoms with Gasteiger partial charge in [0.1, 0.15) is 5.69 Å². The fourth-order valence-electron chi connectivity index (χ4n) is 1.87. The van der Waals surface area contributed by atoms with Crippen molar-refractivity contribution in [2.45, 2.75) is 10.9 Å². The van der Waals surface area contributed by atoms with Gasteiger partial charge in [-0.25, -0.2) is 13.6 Å². The Labute approximate surface area is 110 Å². The number of anilines is 1. The highest BCUT2D eigenvalue weighted by molar-refractivity contribution is 7.89. The summed E-state index contributed by atoms with van der Waals surface area (Å²) in [7, 11) is -2.21. The molecule has 0 spiro atoms. The average Bonchev–Trinajstić information content (AvgIpc) is 2.24. The van der Waals surface area contributed by atoms with Gasteiger partial charge in [-0.3, -0.25) is 10.1 Å². The number of nitrogens with zero attached hydrogens (tertiary/aromatic N) is 2. The minimum absolute atomic E-state index is 0.166. The standard InChI is InChI=1S/C10H14N4O4S/c1-13(7-5-12-6-7)9-3-2-8(19(11,17)18)4-10(9)14(15)16/h2-4,7,12H,5-6H2,1H3,(H2,11,17,18). The lowest BCUT2D eigenvalue weighted by Gasteiger charge is -2.36. The van der Waals surface area contributed by atoms with Crippen LogP contribution in [0.4, 0.5) is 11.4 Å². The smallest absolute Gasteiger partial charge is 0.293 e. The molecule has 1 saturated heterocycles. The van der Waals surface area contributed by atoms with E-state index in [1.165, 1.54) is 12.1 Å². The van der Waals surface area contributed by atoms with Gasteiger partial charge >= 0.3 is 0 Å². The van der Waals surface area contributed by atoms with Crippen LogP contribution in [0.5, 0.6) is 0 Å². The monoisotopic (exact) mass is 286 g/mol. The molecule has 2 rings (SSSR count). The Kier molecular flexibility index (Phi) is 3.43. The predicted octanol–water partition coefficient (Wildman–Crippen LogP) is -0.350. The number of nitro benzene ring substituents is 1. The van der Waals surface area contributed by atoms with E-state index in [4.69, 9.17) is 5.14 Å². The van der Waals surface area contributed by atoms with E-state index < -0.39 is 14.9 Å². The minimum atomic E-state index is -3.95.